The van der Waals surface area contributed by atoms with Gasteiger partial charge in [-0.25, -0.2) is 0 Å². The molecule has 0 aromatic heterocycles. The van der Waals surface area contributed by atoms with E-state index in [9.17, 15) is 20.4 Å². The lowest BCUT2D eigenvalue weighted by molar-refractivity contribution is -0.289. The molecule has 152 valence electrons. The fraction of sp³-hybridized carbons (Fsp3) is 1.00. The summed E-state index contributed by atoms with van der Waals surface area (Å²) in [6, 6.07) is 0. The molecule has 3 saturated heterocycles. The minimum absolute atomic E-state index is 0.156. The number of hydrogen-bond donors (Lipinski definition) is 4. The highest BCUT2D eigenvalue weighted by Crippen LogP contribution is 2.29. The predicted octanol–water partition coefficient (Wildman–Crippen LogP) is -1.11. The number of hydrogen-bond acceptors (Lipinski definition) is 9. The summed E-state index contributed by atoms with van der Waals surface area (Å²) in [7, 11) is 0. The molecular weight excluding hydrogens is 348 g/mol. The summed E-state index contributed by atoms with van der Waals surface area (Å²) in [6.07, 6.45) is -1.58. The SMILES string of the molecule is OCC1C[C@@H](O)C[C@@H](O[C@@H]2CC(CO)O[C@H](O[C@H]3COC[C@@H](O)C3)C2)O1. The van der Waals surface area contributed by atoms with Gasteiger partial charge in [0.15, 0.2) is 12.6 Å². The Balaban J connectivity index is 1.53. The van der Waals surface area contributed by atoms with Gasteiger partial charge in [-0.1, -0.05) is 0 Å². The quantitative estimate of drug-likeness (QED) is 0.455. The molecule has 26 heavy (non-hydrogen) atoms. The van der Waals surface area contributed by atoms with Gasteiger partial charge in [-0.2, -0.15) is 0 Å². The Kier molecular flexibility index (Phi) is 7.62. The lowest BCUT2D eigenvalue weighted by Crippen LogP contribution is -2.46. The molecule has 2 unspecified atom stereocenters. The van der Waals surface area contributed by atoms with Gasteiger partial charge in [-0.15, -0.1) is 0 Å². The van der Waals surface area contributed by atoms with E-state index in [1.165, 1.54) is 0 Å². The smallest absolute Gasteiger partial charge is 0.161 e. The summed E-state index contributed by atoms with van der Waals surface area (Å²) >= 11 is 0. The Bertz CT molecular complexity index is 423. The van der Waals surface area contributed by atoms with Gasteiger partial charge in [0.1, 0.15) is 0 Å². The zero-order valence-corrected chi connectivity index (χ0v) is 14.8. The molecule has 0 bridgehead atoms. The van der Waals surface area contributed by atoms with E-state index in [0.29, 0.717) is 45.3 Å². The van der Waals surface area contributed by atoms with Gasteiger partial charge >= 0.3 is 0 Å². The van der Waals surface area contributed by atoms with Crippen molar-refractivity contribution >= 4 is 0 Å². The maximum atomic E-state index is 9.90. The first-order chi connectivity index (χ1) is 12.6. The van der Waals surface area contributed by atoms with Crippen molar-refractivity contribution in [1.82, 2.24) is 0 Å². The zero-order chi connectivity index (χ0) is 18.5. The molecule has 3 heterocycles. The third kappa shape index (κ3) is 5.82. The van der Waals surface area contributed by atoms with E-state index in [-0.39, 0.29) is 25.4 Å². The van der Waals surface area contributed by atoms with Crippen LogP contribution in [0.1, 0.15) is 32.1 Å². The lowest BCUT2D eigenvalue weighted by atomic mass is 10.0. The molecule has 0 aromatic carbocycles. The van der Waals surface area contributed by atoms with Crippen LogP contribution in [0.25, 0.3) is 0 Å². The van der Waals surface area contributed by atoms with Crippen molar-refractivity contribution in [1.29, 1.82) is 0 Å². The van der Waals surface area contributed by atoms with E-state index in [1.54, 1.807) is 0 Å². The van der Waals surface area contributed by atoms with E-state index in [0.717, 1.165) is 0 Å². The third-order valence-electron chi connectivity index (χ3n) is 4.91. The van der Waals surface area contributed by atoms with E-state index in [1.807, 2.05) is 0 Å². The lowest BCUT2D eigenvalue weighted by Gasteiger charge is -2.40. The van der Waals surface area contributed by atoms with Crippen molar-refractivity contribution in [3.8, 4) is 0 Å². The number of aliphatic hydroxyl groups is 4. The average molecular weight is 378 g/mol. The molecule has 3 aliphatic rings. The second kappa shape index (κ2) is 9.72. The van der Waals surface area contributed by atoms with Crippen LogP contribution in [-0.2, 0) is 23.7 Å². The Morgan fingerprint density at radius 3 is 2.04 bits per heavy atom. The van der Waals surface area contributed by atoms with Gasteiger partial charge in [0.25, 0.3) is 0 Å². The second-order valence-electron chi connectivity index (χ2n) is 7.28. The minimum atomic E-state index is -0.612. The summed E-state index contributed by atoms with van der Waals surface area (Å²) in [4.78, 5) is 0. The molecule has 0 amide bonds. The van der Waals surface area contributed by atoms with Crippen LogP contribution >= 0.6 is 0 Å². The third-order valence-corrected chi connectivity index (χ3v) is 4.91. The molecule has 0 saturated carbocycles. The predicted molar refractivity (Wildman–Crippen MR) is 87.2 cm³/mol. The number of ether oxygens (including phenoxy) is 5. The molecule has 3 aliphatic heterocycles. The van der Waals surface area contributed by atoms with Crippen LogP contribution in [0.15, 0.2) is 0 Å². The van der Waals surface area contributed by atoms with Crippen LogP contribution in [0.5, 0.6) is 0 Å². The van der Waals surface area contributed by atoms with E-state index in [4.69, 9.17) is 23.7 Å². The van der Waals surface area contributed by atoms with E-state index in [2.05, 4.69) is 0 Å². The van der Waals surface area contributed by atoms with Gasteiger partial charge in [-0.05, 0) is 0 Å². The van der Waals surface area contributed by atoms with Crippen molar-refractivity contribution in [2.45, 2.75) is 81.3 Å². The molecule has 8 atom stereocenters. The summed E-state index contributed by atoms with van der Waals surface area (Å²) in [5.74, 6) is 0. The van der Waals surface area contributed by atoms with Crippen LogP contribution < -0.4 is 0 Å². The monoisotopic (exact) mass is 378 g/mol. The van der Waals surface area contributed by atoms with Crippen LogP contribution in [-0.4, -0.2) is 96.1 Å². The first-order valence-electron chi connectivity index (χ1n) is 9.33. The molecule has 9 nitrogen and oxygen atoms in total. The molecule has 0 spiro atoms. The van der Waals surface area contributed by atoms with Crippen molar-refractivity contribution in [3.63, 3.8) is 0 Å². The molecule has 9 heteroatoms. The van der Waals surface area contributed by atoms with Gasteiger partial charge < -0.3 is 44.1 Å². The molecule has 3 rings (SSSR count). The first kappa shape index (κ1) is 20.4. The summed E-state index contributed by atoms with van der Waals surface area (Å²) < 4.78 is 28.5. The highest BCUT2D eigenvalue weighted by atomic mass is 16.7. The van der Waals surface area contributed by atoms with Crippen molar-refractivity contribution in [3.05, 3.63) is 0 Å². The van der Waals surface area contributed by atoms with Gasteiger partial charge in [-0.3, -0.25) is 0 Å². The zero-order valence-electron chi connectivity index (χ0n) is 14.8. The maximum Gasteiger partial charge on any atom is 0.161 e. The Morgan fingerprint density at radius 1 is 0.692 bits per heavy atom. The van der Waals surface area contributed by atoms with Gasteiger partial charge in [0, 0.05) is 32.1 Å². The topological polar surface area (TPSA) is 127 Å². The summed E-state index contributed by atoms with van der Waals surface area (Å²) in [5.41, 5.74) is 0. The highest BCUT2D eigenvalue weighted by Gasteiger charge is 2.37. The van der Waals surface area contributed by atoms with Crippen LogP contribution in [0.3, 0.4) is 0 Å². The number of aliphatic hydroxyl groups excluding tert-OH is 4. The largest absolute Gasteiger partial charge is 0.394 e. The number of rotatable bonds is 6. The van der Waals surface area contributed by atoms with Crippen LogP contribution in [0.2, 0.25) is 0 Å². The Labute approximate surface area is 152 Å². The fourth-order valence-electron chi connectivity index (χ4n) is 3.70. The molecule has 0 radical (unpaired) electrons. The van der Waals surface area contributed by atoms with Crippen molar-refractivity contribution < 1.29 is 44.1 Å². The minimum Gasteiger partial charge on any atom is -0.394 e. The molecule has 0 aliphatic carbocycles. The van der Waals surface area contributed by atoms with Gasteiger partial charge in [0.2, 0.25) is 0 Å². The Morgan fingerprint density at radius 2 is 1.35 bits per heavy atom. The maximum absolute atomic E-state index is 9.90. The van der Waals surface area contributed by atoms with Crippen molar-refractivity contribution in [2.75, 3.05) is 26.4 Å². The first-order valence-corrected chi connectivity index (χ1v) is 9.33. The van der Waals surface area contributed by atoms with Crippen molar-refractivity contribution in [2.24, 2.45) is 0 Å². The van der Waals surface area contributed by atoms with E-state index >= 15 is 0 Å². The Hall–Kier alpha value is -0.360. The molecule has 4 N–H and O–H groups in total. The summed E-state index contributed by atoms with van der Waals surface area (Å²) in [5, 5.41) is 38.3. The normalized spacial score (nSPS) is 44.8. The summed E-state index contributed by atoms with van der Waals surface area (Å²) in [6.45, 7) is 0.378. The average Bonchev–Trinajstić information content (AvgIpc) is 2.61. The molecular formula is C17H30O9. The van der Waals surface area contributed by atoms with Gasteiger partial charge in [0.05, 0.1) is 63.1 Å². The second-order valence-corrected chi connectivity index (χ2v) is 7.28. The fourth-order valence-corrected chi connectivity index (χ4v) is 3.70. The van der Waals surface area contributed by atoms with Crippen LogP contribution in [0, 0.1) is 0 Å². The standard InChI is InChI=1S/C17H30O9/c18-6-13-1-10(20)3-16(24-13)23-12-4-14(7-19)25-17(5-12)26-15-2-11(21)8-22-9-15/h10-21H,1-9H2/t10-,11+,12-,13?,14?,15-,16+,17-/m1/s1. The van der Waals surface area contributed by atoms with Crippen LogP contribution in [0.4, 0.5) is 0 Å². The highest BCUT2D eigenvalue weighted by molar-refractivity contribution is 4.79. The molecule has 3 fully saturated rings. The van der Waals surface area contributed by atoms with E-state index < -0.39 is 37.0 Å². The molecule has 0 aromatic rings.